The number of amides is 1. The highest BCUT2D eigenvalue weighted by molar-refractivity contribution is 8.00. The highest BCUT2D eigenvalue weighted by atomic mass is 32.2. The Bertz CT molecular complexity index is 971. The van der Waals surface area contributed by atoms with Crippen LogP contribution in [0.5, 0.6) is 0 Å². The summed E-state index contributed by atoms with van der Waals surface area (Å²) < 4.78 is 90.7. The van der Waals surface area contributed by atoms with E-state index in [2.05, 4.69) is 5.32 Å². The number of hydrogen-bond acceptors (Lipinski definition) is 5. The van der Waals surface area contributed by atoms with E-state index in [1.807, 2.05) is 0 Å². The maximum absolute atomic E-state index is 13.7. The van der Waals surface area contributed by atoms with Crippen molar-refractivity contribution in [3.8, 4) is 0 Å². The van der Waals surface area contributed by atoms with Crippen molar-refractivity contribution in [1.29, 1.82) is 0 Å². The number of alkyl halides is 7. The predicted molar refractivity (Wildman–Crippen MR) is 101 cm³/mol. The number of nitrogens with one attached hydrogen (secondary N) is 1. The van der Waals surface area contributed by atoms with Crippen LogP contribution < -0.4 is 5.32 Å². The molecule has 0 aliphatic heterocycles. The Morgan fingerprint density at radius 1 is 0.935 bits per heavy atom. The normalized spacial score (nSPS) is 12.5. The van der Waals surface area contributed by atoms with Crippen molar-refractivity contribution in [1.82, 2.24) is 0 Å². The van der Waals surface area contributed by atoms with E-state index < -0.39 is 56.3 Å². The molecular weight excluding hydrogens is 477 g/mol. The number of benzene rings is 2. The number of nitro benzene ring substituents is 1. The van der Waals surface area contributed by atoms with E-state index in [1.54, 1.807) is 0 Å². The van der Waals surface area contributed by atoms with E-state index in [4.69, 9.17) is 0 Å². The Labute approximate surface area is 178 Å². The fourth-order valence-corrected chi connectivity index (χ4v) is 3.81. The molecule has 0 aromatic heterocycles. The molecule has 5 nitrogen and oxygen atoms in total. The minimum absolute atomic E-state index is 0.140. The number of carbonyl (C=O) groups is 1. The van der Waals surface area contributed by atoms with Crippen LogP contribution in [-0.4, -0.2) is 33.9 Å². The molecule has 0 aliphatic rings. The molecule has 0 aliphatic carbocycles. The third-order valence-electron chi connectivity index (χ3n) is 3.54. The first-order valence-corrected chi connectivity index (χ1v) is 9.83. The SMILES string of the molecule is O=C(CSc1ccccc1[N+](=O)[O-])Nc1ccccc1SC(F)(F)C(F)(F)C(F)(F)F. The van der Waals surface area contributed by atoms with Gasteiger partial charge in [0.25, 0.3) is 5.69 Å². The van der Waals surface area contributed by atoms with Gasteiger partial charge in [0.05, 0.1) is 21.3 Å². The van der Waals surface area contributed by atoms with Crippen molar-refractivity contribution in [2.45, 2.75) is 27.1 Å². The predicted octanol–water partition coefficient (Wildman–Crippen LogP) is 6.21. The van der Waals surface area contributed by atoms with Gasteiger partial charge in [-0.25, -0.2) is 0 Å². The highest BCUT2D eigenvalue weighted by Gasteiger charge is 2.73. The first-order chi connectivity index (χ1) is 14.3. The van der Waals surface area contributed by atoms with E-state index in [1.165, 1.54) is 30.3 Å². The summed E-state index contributed by atoms with van der Waals surface area (Å²) in [7, 11) is 0. The van der Waals surface area contributed by atoms with Crippen LogP contribution in [0.1, 0.15) is 0 Å². The molecule has 0 saturated carbocycles. The molecule has 14 heteroatoms. The number of rotatable bonds is 8. The number of nitrogens with zero attached hydrogens (tertiary/aromatic N) is 1. The molecule has 0 radical (unpaired) electrons. The van der Waals surface area contributed by atoms with Crippen molar-refractivity contribution >= 4 is 40.8 Å². The zero-order valence-electron chi connectivity index (χ0n) is 15.0. The maximum Gasteiger partial charge on any atom is 0.460 e. The third kappa shape index (κ3) is 5.81. The fraction of sp³-hybridized carbons (Fsp3) is 0.235. The maximum atomic E-state index is 13.7. The van der Waals surface area contributed by atoms with Gasteiger partial charge in [-0.05, 0) is 30.0 Å². The van der Waals surface area contributed by atoms with E-state index in [0.29, 0.717) is 0 Å². The van der Waals surface area contributed by atoms with Crippen molar-refractivity contribution in [2.24, 2.45) is 0 Å². The quantitative estimate of drug-likeness (QED) is 0.207. The molecule has 2 aromatic carbocycles. The van der Waals surface area contributed by atoms with Crippen LogP contribution in [0, 0.1) is 10.1 Å². The minimum atomic E-state index is -6.48. The Balaban J connectivity index is 2.14. The zero-order chi connectivity index (χ0) is 23.4. The van der Waals surface area contributed by atoms with Crippen molar-refractivity contribution in [2.75, 3.05) is 11.1 Å². The summed E-state index contributed by atoms with van der Waals surface area (Å²) in [6.45, 7) is 0. The lowest BCUT2D eigenvalue weighted by Gasteiger charge is -2.28. The number of hydrogen-bond donors (Lipinski definition) is 1. The van der Waals surface area contributed by atoms with Crippen LogP contribution in [-0.2, 0) is 4.79 Å². The van der Waals surface area contributed by atoms with Gasteiger partial charge in [0.2, 0.25) is 5.91 Å². The molecule has 2 aromatic rings. The first kappa shape index (κ1) is 24.8. The zero-order valence-corrected chi connectivity index (χ0v) is 16.6. The second-order valence-corrected chi connectivity index (χ2v) is 7.92. The smallest absolute Gasteiger partial charge is 0.324 e. The fourth-order valence-electron chi connectivity index (χ4n) is 2.09. The summed E-state index contributed by atoms with van der Waals surface area (Å²) >= 11 is -0.293. The second kappa shape index (κ2) is 9.34. The van der Waals surface area contributed by atoms with Crippen LogP contribution in [0.4, 0.5) is 42.1 Å². The van der Waals surface area contributed by atoms with Crippen molar-refractivity contribution in [3.63, 3.8) is 0 Å². The third-order valence-corrected chi connectivity index (χ3v) is 5.69. The highest BCUT2D eigenvalue weighted by Crippen LogP contribution is 2.54. The molecule has 0 heterocycles. The van der Waals surface area contributed by atoms with Gasteiger partial charge < -0.3 is 5.32 Å². The number of carbonyl (C=O) groups excluding carboxylic acids is 1. The van der Waals surface area contributed by atoms with Crippen LogP contribution in [0.3, 0.4) is 0 Å². The molecule has 0 bridgehead atoms. The van der Waals surface area contributed by atoms with Crippen LogP contribution in [0.25, 0.3) is 0 Å². The van der Waals surface area contributed by atoms with Gasteiger partial charge in [0.15, 0.2) is 0 Å². The number of para-hydroxylation sites is 2. The average Bonchev–Trinajstić information content (AvgIpc) is 2.67. The molecular formula is C17H11F7N2O3S2. The Hall–Kier alpha value is -2.48. The Morgan fingerprint density at radius 2 is 1.48 bits per heavy atom. The topological polar surface area (TPSA) is 72.2 Å². The molecule has 0 fully saturated rings. The molecule has 0 unspecified atom stereocenters. The molecule has 168 valence electrons. The van der Waals surface area contributed by atoms with Gasteiger partial charge >= 0.3 is 17.4 Å². The summed E-state index contributed by atoms with van der Waals surface area (Å²) in [5.74, 6) is -7.58. The average molecular weight is 488 g/mol. The van der Waals surface area contributed by atoms with Crippen LogP contribution >= 0.6 is 23.5 Å². The number of nitro groups is 1. The summed E-state index contributed by atoms with van der Waals surface area (Å²) in [5, 5.41) is 7.55. The van der Waals surface area contributed by atoms with E-state index >= 15 is 0 Å². The molecule has 1 amide bonds. The molecule has 31 heavy (non-hydrogen) atoms. The monoisotopic (exact) mass is 488 g/mol. The number of thioether (sulfide) groups is 2. The summed E-state index contributed by atoms with van der Waals surface area (Å²) in [6.07, 6.45) is -6.48. The molecule has 0 atom stereocenters. The standard InChI is InChI=1S/C17H11F7N2O3S2/c18-15(19,16(20,21)22)17(23,24)31-12-7-3-1-5-10(12)25-14(27)9-30-13-8-4-2-6-11(13)26(28)29/h1-8H,9H2,(H,25,27). The van der Waals surface area contributed by atoms with Gasteiger partial charge in [0.1, 0.15) is 0 Å². The molecule has 1 N–H and O–H groups in total. The van der Waals surface area contributed by atoms with Gasteiger partial charge in [-0.3, -0.25) is 14.9 Å². The lowest BCUT2D eigenvalue weighted by Crippen LogP contribution is -2.49. The Morgan fingerprint density at radius 3 is 2.06 bits per heavy atom. The van der Waals surface area contributed by atoms with Crippen LogP contribution in [0.2, 0.25) is 0 Å². The summed E-state index contributed by atoms with van der Waals surface area (Å²) in [5.41, 5.74) is -0.691. The molecule has 0 saturated heterocycles. The van der Waals surface area contributed by atoms with E-state index in [0.717, 1.165) is 30.0 Å². The first-order valence-electron chi connectivity index (χ1n) is 8.03. The van der Waals surface area contributed by atoms with Gasteiger partial charge in [-0.1, -0.05) is 24.3 Å². The lowest BCUT2D eigenvalue weighted by molar-refractivity contribution is -0.387. The van der Waals surface area contributed by atoms with Gasteiger partial charge in [-0.2, -0.15) is 30.7 Å². The summed E-state index contributed by atoms with van der Waals surface area (Å²) in [4.78, 5) is 21.8. The summed E-state index contributed by atoms with van der Waals surface area (Å²) in [6, 6.07) is 9.72. The van der Waals surface area contributed by atoms with E-state index in [9.17, 15) is 45.6 Å². The van der Waals surface area contributed by atoms with Gasteiger partial charge in [0, 0.05) is 11.0 Å². The number of halogens is 7. The van der Waals surface area contributed by atoms with E-state index in [-0.39, 0.29) is 10.6 Å². The number of anilines is 1. The molecule has 2 rings (SSSR count). The lowest BCUT2D eigenvalue weighted by atomic mass is 10.3. The minimum Gasteiger partial charge on any atom is -0.324 e. The second-order valence-electron chi connectivity index (χ2n) is 5.75. The Kier molecular flexibility index (Phi) is 7.47. The van der Waals surface area contributed by atoms with Crippen molar-refractivity contribution in [3.05, 3.63) is 58.6 Å². The van der Waals surface area contributed by atoms with Crippen LogP contribution in [0.15, 0.2) is 58.3 Å². The largest absolute Gasteiger partial charge is 0.460 e. The molecule has 0 spiro atoms. The van der Waals surface area contributed by atoms with Gasteiger partial charge in [-0.15, -0.1) is 11.8 Å². The van der Waals surface area contributed by atoms with Crippen molar-refractivity contribution < 1.29 is 40.5 Å².